The van der Waals surface area contributed by atoms with Gasteiger partial charge in [-0.1, -0.05) is 22.4 Å². The average molecular weight is 205 g/mol. The molecule has 2 bridgehead atoms. The fourth-order valence-electron chi connectivity index (χ4n) is 2.12. The first-order chi connectivity index (χ1) is 4.85. The van der Waals surface area contributed by atoms with Gasteiger partial charge in [0.15, 0.2) is 0 Å². The Kier molecular flexibility index (Phi) is 1.77. The van der Waals surface area contributed by atoms with Crippen LogP contribution in [0.5, 0.6) is 0 Å². The van der Waals surface area contributed by atoms with E-state index in [1.54, 1.807) is 0 Å². The number of rotatable bonds is 1. The van der Waals surface area contributed by atoms with Crippen LogP contribution in [-0.4, -0.2) is 18.0 Å². The standard InChI is InChI=1S/C8H13BrO/c9-5-8-3-1-2-7(4-8)10-6-8/h7H,1-6H2. The van der Waals surface area contributed by atoms with Gasteiger partial charge in [0.1, 0.15) is 0 Å². The predicted octanol–water partition coefficient (Wildman–Crippen LogP) is 2.34. The first-order valence-electron chi connectivity index (χ1n) is 4.02. The molecule has 2 aliphatic rings. The smallest absolute Gasteiger partial charge is 0.0581 e. The molecule has 2 rings (SSSR count). The number of hydrogen-bond donors (Lipinski definition) is 0. The molecular weight excluding hydrogens is 192 g/mol. The SMILES string of the molecule is BrCC12CCCC(C1)OC2. The zero-order valence-corrected chi connectivity index (χ0v) is 7.69. The Morgan fingerprint density at radius 2 is 2.50 bits per heavy atom. The van der Waals surface area contributed by atoms with Gasteiger partial charge in [-0.05, 0) is 19.3 Å². The van der Waals surface area contributed by atoms with Crippen LogP contribution in [0.25, 0.3) is 0 Å². The zero-order valence-electron chi connectivity index (χ0n) is 6.11. The van der Waals surface area contributed by atoms with Gasteiger partial charge in [0.05, 0.1) is 12.7 Å². The summed E-state index contributed by atoms with van der Waals surface area (Å²) in [5.74, 6) is 0. The highest BCUT2D eigenvalue weighted by Gasteiger charge is 2.41. The van der Waals surface area contributed by atoms with E-state index < -0.39 is 0 Å². The number of ether oxygens (including phenoxy) is 1. The van der Waals surface area contributed by atoms with Crippen LogP contribution in [0.3, 0.4) is 0 Å². The quantitative estimate of drug-likeness (QED) is 0.597. The van der Waals surface area contributed by atoms with Gasteiger partial charge in [0.2, 0.25) is 0 Å². The summed E-state index contributed by atoms with van der Waals surface area (Å²) >= 11 is 3.57. The van der Waals surface area contributed by atoms with Crippen molar-refractivity contribution in [1.29, 1.82) is 0 Å². The molecule has 0 N–H and O–H groups in total. The molecule has 0 aromatic rings. The third kappa shape index (κ3) is 1.02. The molecule has 0 radical (unpaired) electrons. The van der Waals surface area contributed by atoms with Crippen molar-refractivity contribution in [2.24, 2.45) is 5.41 Å². The Labute approximate surface area is 70.3 Å². The lowest BCUT2D eigenvalue weighted by Crippen LogP contribution is -2.26. The lowest BCUT2D eigenvalue weighted by Gasteiger charge is -2.28. The summed E-state index contributed by atoms with van der Waals surface area (Å²) in [7, 11) is 0. The highest BCUT2D eigenvalue weighted by atomic mass is 79.9. The topological polar surface area (TPSA) is 9.23 Å². The molecule has 1 aliphatic heterocycles. The van der Waals surface area contributed by atoms with E-state index in [9.17, 15) is 0 Å². The molecule has 0 aromatic heterocycles. The molecule has 0 aromatic carbocycles. The van der Waals surface area contributed by atoms with Crippen molar-refractivity contribution in [3.05, 3.63) is 0 Å². The summed E-state index contributed by atoms with van der Waals surface area (Å²) in [6.45, 7) is 1.00. The maximum atomic E-state index is 5.64. The van der Waals surface area contributed by atoms with E-state index in [4.69, 9.17) is 4.74 Å². The second-order valence-electron chi connectivity index (χ2n) is 3.66. The molecule has 1 saturated heterocycles. The van der Waals surface area contributed by atoms with Gasteiger partial charge in [-0.3, -0.25) is 0 Å². The second-order valence-corrected chi connectivity index (χ2v) is 4.22. The Bertz CT molecular complexity index is 133. The van der Waals surface area contributed by atoms with Crippen LogP contribution in [0.15, 0.2) is 0 Å². The average Bonchev–Trinajstić information content (AvgIpc) is 2.29. The van der Waals surface area contributed by atoms with E-state index in [-0.39, 0.29) is 0 Å². The van der Waals surface area contributed by atoms with Crippen LogP contribution in [0.4, 0.5) is 0 Å². The molecule has 2 unspecified atom stereocenters. The van der Waals surface area contributed by atoms with E-state index in [2.05, 4.69) is 15.9 Å². The third-order valence-electron chi connectivity index (χ3n) is 2.80. The Morgan fingerprint density at radius 1 is 1.60 bits per heavy atom. The van der Waals surface area contributed by atoms with Crippen molar-refractivity contribution in [1.82, 2.24) is 0 Å². The minimum absolute atomic E-state index is 0.531. The fourth-order valence-corrected chi connectivity index (χ4v) is 2.79. The Hall–Kier alpha value is 0.440. The summed E-state index contributed by atoms with van der Waals surface area (Å²) in [5.41, 5.74) is 0.531. The molecule has 10 heavy (non-hydrogen) atoms. The highest BCUT2D eigenvalue weighted by molar-refractivity contribution is 9.09. The molecule has 1 heterocycles. The van der Waals surface area contributed by atoms with E-state index in [1.807, 2.05) is 0 Å². The Morgan fingerprint density at radius 3 is 3.20 bits per heavy atom. The van der Waals surface area contributed by atoms with Crippen LogP contribution >= 0.6 is 15.9 Å². The number of fused-ring (bicyclic) bond motifs is 2. The van der Waals surface area contributed by atoms with Crippen molar-refractivity contribution in [3.8, 4) is 0 Å². The fraction of sp³-hybridized carbons (Fsp3) is 1.00. The third-order valence-corrected chi connectivity index (χ3v) is 3.99. The van der Waals surface area contributed by atoms with Crippen LogP contribution in [0.2, 0.25) is 0 Å². The predicted molar refractivity (Wildman–Crippen MR) is 44.4 cm³/mol. The van der Waals surface area contributed by atoms with E-state index in [1.165, 1.54) is 25.7 Å². The van der Waals surface area contributed by atoms with Crippen molar-refractivity contribution < 1.29 is 4.74 Å². The van der Waals surface area contributed by atoms with E-state index in [0.29, 0.717) is 11.5 Å². The monoisotopic (exact) mass is 204 g/mol. The molecule has 0 spiro atoms. The second kappa shape index (κ2) is 2.49. The molecule has 58 valence electrons. The van der Waals surface area contributed by atoms with E-state index >= 15 is 0 Å². The molecule has 1 aliphatic carbocycles. The van der Waals surface area contributed by atoms with Crippen molar-refractivity contribution in [2.75, 3.05) is 11.9 Å². The molecule has 2 atom stereocenters. The molecular formula is C8H13BrO. The van der Waals surface area contributed by atoms with Gasteiger partial charge >= 0.3 is 0 Å². The summed E-state index contributed by atoms with van der Waals surface area (Å²) < 4.78 is 5.64. The van der Waals surface area contributed by atoms with Crippen LogP contribution in [-0.2, 0) is 4.74 Å². The zero-order chi connectivity index (χ0) is 7.03. The highest BCUT2D eigenvalue weighted by Crippen LogP contribution is 2.44. The molecule has 2 heteroatoms. The molecule has 2 fully saturated rings. The van der Waals surface area contributed by atoms with Crippen molar-refractivity contribution >= 4 is 15.9 Å². The van der Waals surface area contributed by atoms with Crippen LogP contribution in [0.1, 0.15) is 25.7 Å². The van der Waals surface area contributed by atoms with Gasteiger partial charge in [0.25, 0.3) is 0 Å². The van der Waals surface area contributed by atoms with Gasteiger partial charge in [-0.15, -0.1) is 0 Å². The van der Waals surface area contributed by atoms with Crippen LogP contribution < -0.4 is 0 Å². The summed E-state index contributed by atoms with van der Waals surface area (Å²) in [6.07, 6.45) is 5.95. The lowest BCUT2D eigenvalue weighted by atomic mass is 9.78. The molecule has 1 saturated carbocycles. The molecule has 0 amide bonds. The van der Waals surface area contributed by atoms with Crippen molar-refractivity contribution in [3.63, 3.8) is 0 Å². The van der Waals surface area contributed by atoms with Gasteiger partial charge < -0.3 is 4.74 Å². The van der Waals surface area contributed by atoms with Crippen LogP contribution in [0, 0.1) is 5.41 Å². The lowest BCUT2D eigenvalue weighted by molar-refractivity contribution is 0.105. The largest absolute Gasteiger partial charge is 0.378 e. The normalized spacial score (nSPS) is 45.9. The first-order valence-corrected chi connectivity index (χ1v) is 5.14. The molecule has 1 nitrogen and oxygen atoms in total. The summed E-state index contributed by atoms with van der Waals surface area (Å²) in [4.78, 5) is 0. The van der Waals surface area contributed by atoms with Crippen molar-refractivity contribution in [2.45, 2.75) is 31.8 Å². The minimum Gasteiger partial charge on any atom is -0.378 e. The first kappa shape index (κ1) is 7.11. The summed E-state index contributed by atoms with van der Waals surface area (Å²) in [6, 6.07) is 0. The van der Waals surface area contributed by atoms with E-state index in [0.717, 1.165) is 11.9 Å². The number of alkyl halides is 1. The van der Waals surface area contributed by atoms with Gasteiger partial charge in [0, 0.05) is 10.7 Å². The number of halogens is 1. The minimum atomic E-state index is 0.531. The maximum absolute atomic E-state index is 5.64. The maximum Gasteiger partial charge on any atom is 0.0581 e. The Balaban J connectivity index is 2.10. The van der Waals surface area contributed by atoms with Gasteiger partial charge in [-0.25, -0.2) is 0 Å². The summed E-state index contributed by atoms with van der Waals surface area (Å²) in [5, 5.41) is 1.14. The number of hydrogen-bond acceptors (Lipinski definition) is 1. The van der Waals surface area contributed by atoms with Gasteiger partial charge in [-0.2, -0.15) is 0 Å².